The van der Waals surface area contributed by atoms with Crippen LogP contribution in [0.5, 0.6) is 0 Å². The van der Waals surface area contributed by atoms with Crippen molar-refractivity contribution in [2.75, 3.05) is 11.5 Å². The Morgan fingerprint density at radius 3 is 2.94 bits per heavy atom. The molecule has 0 aromatic heterocycles. The van der Waals surface area contributed by atoms with Crippen LogP contribution in [0, 0.1) is 11.7 Å². The van der Waals surface area contributed by atoms with Crippen LogP contribution in [0.25, 0.3) is 0 Å². The summed E-state index contributed by atoms with van der Waals surface area (Å²) in [4.78, 5) is 0. The van der Waals surface area contributed by atoms with Gasteiger partial charge in [0.15, 0.2) is 0 Å². The first-order chi connectivity index (χ1) is 8.15. The van der Waals surface area contributed by atoms with Crippen LogP contribution in [-0.4, -0.2) is 11.5 Å². The summed E-state index contributed by atoms with van der Waals surface area (Å²) in [6.07, 6.45) is 1.05. The quantitative estimate of drug-likeness (QED) is 0.503. The van der Waals surface area contributed by atoms with Crippen LogP contribution in [0.4, 0.5) is 4.39 Å². The van der Waals surface area contributed by atoms with Crippen LogP contribution < -0.4 is 11.3 Å². The molecule has 3 N–H and O–H groups in total. The van der Waals surface area contributed by atoms with Gasteiger partial charge < -0.3 is 0 Å². The summed E-state index contributed by atoms with van der Waals surface area (Å²) < 4.78 is 14.7. The molecule has 0 bridgehead atoms. The van der Waals surface area contributed by atoms with E-state index in [1.807, 2.05) is 11.8 Å². The van der Waals surface area contributed by atoms with Crippen molar-refractivity contribution in [3.05, 3.63) is 33.0 Å². The highest BCUT2D eigenvalue weighted by Crippen LogP contribution is 2.37. The van der Waals surface area contributed by atoms with Crippen molar-refractivity contribution < 1.29 is 4.39 Å². The maximum Gasteiger partial charge on any atom is 0.147 e. The Morgan fingerprint density at radius 1 is 1.59 bits per heavy atom. The fourth-order valence-electron chi connectivity index (χ4n) is 2.08. The predicted octanol–water partition coefficient (Wildman–Crippen LogP) is 3.50. The predicted molar refractivity (Wildman–Crippen MR) is 74.6 cm³/mol. The Morgan fingerprint density at radius 2 is 2.35 bits per heavy atom. The normalized spacial score (nSPS) is 21.8. The summed E-state index contributed by atoms with van der Waals surface area (Å²) in [6, 6.07) is 3.32. The maximum absolute atomic E-state index is 14.1. The van der Waals surface area contributed by atoms with E-state index >= 15 is 0 Å². The van der Waals surface area contributed by atoms with Gasteiger partial charge in [0.25, 0.3) is 0 Å². The summed E-state index contributed by atoms with van der Waals surface area (Å²) >= 11 is 11.0. The summed E-state index contributed by atoms with van der Waals surface area (Å²) in [6.45, 7) is 0. The maximum atomic E-state index is 14.1. The van der Waals surface area contributed by atoms with Crippen LogP contribution >= 0.6 is 39.3 Å². The first-order valence-corrected chi connectivity index (χ1v) is 7.65. The minimum absolute atomic E-state index is 0.119. The highest BCUT2D eigenvalue weighted by molar-refractivity contribution is 9.10. The third-order valence-electron chi connectivity index (χ3n) is 3.02. The summed E-state index contributed by atoms with van der Waals surface area (Å²) in [5.41, 5.74) is 3.27. The van der Waals surface area contributed by atoms with Crippen LogP contribution in [0.3, 0.4) is 0 Å². The van der Waals surface area contributed by atoms with Gasteiger partial charge in [-0.1, -0.05) is 17.7 Å². The molecule has 2 nitrogen and oxygen atoms in total. The molecule has 2 unspecified atom stereocenters. The van der Waals surface area contributed by atoms with Crippen LogP contribution in [-0.2, 0) is 0 Å². The average Bonchev–Trinajstić information content (AvgIpc) is 2.84. The Kier molecular flexibility index (Phi) is 4.72. The van der Waals surface area contributed by atoms with Gasteiger partial charge in [0.2, 0.25) is 0 Å². The van der Waals surface area contributed by atoms with E-state index in [-0.39, 0.29) is 16.9 Å². The molecule has 1 aromatic carbocycles. The zero-order valence-electron chi connectivity index (χ0n) is 9.05. The van der Waals surface area contributed by atoms with Crippen molar-refractivity contribution in [3.8, 4) is 0 Å². The molecule has 17 heavy (non-hydrogen) atoms. The van der Waals surface area contributed by atoms with Gasteiger partial charge in [-0.25, -0.2) is 4.39 Å². The van der Waals surface area contributed by atoms with Gasteiger partial charge in [-0.05, 0) is 45.8 Å². The van der Waals surface area contributed by atoms with Crippen LogP contribution in [0.15, 0.2) is 16.6 Å². The van der Waals surface area contributed by atoms with Crippen molar-refractivity contribution in [2.45, 2.75) is 12.5 Å². The average molecular weight is 340 g/mol. The fraction of sp³-hybridized carbons (Fsp3) is 0.455. The molecule has 1 aliphatic heterocycles. The van der Waals surface area contributed by atoms with Gasteiger partial charge in [-0.2, -0.15) is 11.8 Å². The van der Waals surface area contributed by atoms with Crippen molar-refractivity contribution in [1.29, 1.82) is 0 Å². The lowest BCUT2D eigenvalue weighted by atomic mass is 9.93. The van der Waals surface area contributed by atoms with E-state index in [2.05, 4.69) is 21.4 Å². The molecule has 1 aromatic rings. The van der Waals surface area contributed by atoms with Gasteiger partial charge in [0.1, 0.15) is 5.82 Å². The molecule has 0 saturated carbocycles. The number of hydrogen-bond donors (Lipinski definition) is 2. The third-order valence-corrected chi connectivity index (χ3v) is 5.46. The lowest BCUT2D eigenvalue weighted by Crippen LogP contribution is -2.34. The van der Waals surface area contributed by atoms with Crippen molar-refractivity contribution in [2.24, 2.45) is 11.8 Å². The molecule has 0 aliphatic carbocycles. The Bertz CT molecular complexity index is 413. The molecule has 2 rings (SSSR count). The number of hydrazine groups is 1. The molecule has 2 atom stereocenters. The number of rotatable bonds is 3. The van der Waals surface area contributed by atoms with Crippen molar-refractivity contribution >= 4 is 39.3 Å². The number of nitrogens with one attached hydrogen (secondary N) is 1. The smallest absolute Gasteiger partial charge is 0.147 e. The lowest BCUT2D eigenvalue weighted by Gasteiger charge is -2.23. The Hall–Kier alpha value is 0.190. The topological polar surface area (TPSA) is 38.0 Å². The van der Waals surface area contributed by atoms with E-state index in [1.165, 1.54) is 0 Å². The van der Waals surface area contributed by atoms with Gasteiger partial charge >= 0.3 is 0 Å². The van der Waals surface area contributed by atoms with Gasteiger partial charge in [0.05, 0.1) is 11.1 Å². The van der Waals surface area contributed by atoms with Crippen LogP contribution in [0.1, 0.15) is 18.0 Å². The van der Waals surface area contributed by atoms with Crippen molar-refractivity contribution in [3.63, 3.8) is 0 Å². The summed E-state index contributed by atoms with van der Waals surface area (Å²) in [5, 5.41) is 0.119. The number of halogens is 3. The number of nitrogens with two attached hydrogens (primary N) is 1. The molecule has 0 radical (unpaired) electrons. The van der Waals surface area contributed by atoms with Crippen LogP contribution in [0.2, 0.25) is 5.02 Å². The fourth-order valence-corrected chi connectivity index (χ4v) is 3.85. The number of hydrogen-bond acceptors (Lipinski definition) is 3. The minimum Gasteiger partial charge on any atom is -0.271 e. The van der Waals surface area contributed by atoms with E-state index in [0.29, 0.717) is 16.0 Å². The first-order valence-electron chi connectivity index (χ1n) is 5.32. The molecule has 1 heterocycles. The van der Waals surface area contributed by atoms with E-state index in [1.54, 1.807) is 12.1 Å². The summed E-state index contributed by atoms with van der Waals surface area (Å²) in [5.74, 6) is 7.64. The molecular weight excluding hydrogens is 327 g/mol. The monoisotopic (exact) mass is 338 g/mol. The highest BCUT2D eigenvalue weighted by Gasteiger charge is 2.28. The van der Waals surface area contributed by atoms with Gasteiger partial charge in [0, 0.05) is 10.0 Å². The van der Waals surface area contributed by atoms with E-state index in [0.717, 1.165) is 17.9 Å². The Balaban J connectivity index is 2.33. The SMILES string of the molecule is NNC(c1ccc(Br)c(Cl)c1F)C1CCSC1. The lowest BCUT2D eigenvalue weighted by molar-refractivity contribution is 0.387. The van der Waals surface area contributed by atoms with E-state index in [9.17, 15) is 4.39 Å². The van der Waals surface area contributed by atoms with E-state index in [4.69, 9.17) is 17.4 Å². The highest BCUT2D eigenvalue weighted by atomic mass is 79.9. The summed E-state index contributed by atoms with van der Waals surface area (Å²) in [7, 11) is 0. The Labute approximate surface area is 118 Å². The second-order valence-corrected chi connectivity index (χ2v) is 6.41. The molecule has 1 fully saturated rings. The molecule has 0 amide bonds. The largest absolute Gasteiger partial charge is 0.271 e. The molecule has 6 heteroatoms. The second kappa shape index (κ2) is 5.89. The van der Waals surface area contributed by atoms with Gasteiger partial charge in [-0.3, -0.25) is 11.3 Å². The van der Waals surface area contributed by atoms with E-state index < -0.39 is 0 Å². The minimum atomic E-state index is -0.388. The van der Waals surface area contributed by atoms with Gasteiger partial charge in [-0.15, -0.1) is 0 Å². The molecular formula is C11H13BrClFN2S. The first kappa shape index (κ1) is 13.6. The molecule has 94 valence electrons. The zero-order chi connectivity index (χ0) is 12.4. The molecule has 0 spiro atoms. The third kappa shape index (κ3) is 2.79. The standard InChI is InChI=1S/C11H13BrClFN2S/c12-8-2-1-7(10(14)9(8)13)11(16-15)6-3-4-17-5-6/h1-2,6,11,16H,3-5,15H2. The van der Waals surface area contributed by atoms with Crippen molar-refractivity contribution in [1.82, 2.24) is 5.43 Å². The number of thioether (sulfide) groups is 1. The second-order valence-electron chi connectivity index (χ2n) is 4.03. The number of benzene rings is 1. The molecule has 1 aliphatic rings. The molecule has 1 saturated heterocycles. The zero-order valence-corrected chi connectivity index (χ0v) is 12.2.